The molecular formula is C21H32N4O3. The molecule has 154 valence electrons. The first-order valence-electron chi connectivity index (χ1n) is 9.79. The van der Waals surface area contributed by atoms with E-state index in [-0.39, 0.29) is 17.9 Å². The third kappa shape index (κ3) is 4.51. The van der Waals surface area contributed by atoms with E-state index in [0.717, 1.165) is 33.5 Å². The van der Waals surface area contributed by atoms with Gasteiger partial charge in [-0.25, -0.2) is 14.5 Å². The Morgan fingerprint density at radius 3 is 2.39 bits per heavy atom. The average Bonchev–Trinajstić information content (AvgIpc) is 2.91. The highest BCUT2D eigenvalue weighted by Crippen LogP contribution is 2.29. The minimum absolute atomic E-state index is 0.164. The summed E-state index contributed by atoms with van der Waals surface area (Å²) in [5.41, 5.74) is 4.73. The van der Waals surface area contributed by atoms with Gasteiger partial charge in [0.1, 0.15) is 6.04 Å². The van der Waals surface area contributed by atoms with Crippen LogP contribution in [0.5, 0.6) is 0 Å². The predicted octanol–water partition coefficient (Wildman–Crippen LogP) is 3.11. The molecule has 28 heavy (non-hydrogen) atoms. The van der Waals surface area contributed by atoms with Gasteiger partial charge in [-0.3, -0.25) is 4.79 Å². The third-order valence-electron chi connectivity index (χ3n) is 4.83. The number of ether oxygens (including phenoxy) is 1. The lowest BCUT2D eigenvalue weighted by Gasteiger charge is -2.20. The van der Waals surface area contributed by atoms with E-state index >= 15 is 0 Å². The molecule has 0 unspecified atom stereocenters. The number of hydrogen-bond donors (Lipinski definition) is 1. The van der Waals surface area contributed by atoms with E-state index < -0.39 is 12.0 Å². The molecule has 0 aliphatic heterocycles. The zero-order valence-electron chi connectivity index (χ0n) is 18.3. The van der Waals surface area contributed by atoms with E-state index in [1.54, 1.807) is 13.8 Å². The average molecular weight is 389 g/mol. The van der Waals surface area contributed by atoms with Crippen LogP contribution in [0, 0.1) is 20.8 Å². The van der Waals surface area contributed by atoms with Gasteiger partial charge in [0.15, 0.2) is 5.65 Å². The quantitative estimate of drug-likeness (QED) is 0.769. The van der Waals surface area contributed by atoms with Crippen molar-refractivity contribution in [2.24, 2.45) is 0 Å². The maximum Gasteiger partial charge on any atom is 0.328 e. The van der Waals surface area contributed by atoms with E-state index in [9.17, 15) is 9.59 Å². The molecule has 0 radical (unpaired) electrons. The van der Waals surface area contributed by atoms with Gasteiger partial charge in [-0.1, -0.05) is 0 Å². The fraction of sp³-hybridized carbons (Fsp3) is 0.619. The minimum Gasteiger partial charge on any atom is -0.464 e. The molecule has 7 heteroatoms. The fourth-order valence-corrected chi connectivity index (χ4v) is 3.42. The lowest BCUT2D eigenvalue weighted by molar-refractivity contribution is -0.146. The number of esters is 1. The summed E-state index contributed by atoms with van der Waals surface area (Å²) in [6.45, 7) is 16.0. The molecule has 1 amide bonds. The smallest absolute Gasteiger partial charge is 0.328 e. The summed E-state index contributed by atoms with van der Waals surface area (Å²) in [6, 6.07) is -0.650. The maximum atomic E-state index is 12.3. The van der Waals surface area contributed by atoms with Crippen molar-refractivity contribution < 1.29 is 14.3 Å². The summed E-state index contributed by atoms with van der Waals surface area (Å²) in [4.78, 5) is 28.8. The number of aromatic nitrogens is 3. The zero-order valence-corrected chi connectivity index (χ0v) is 18.3. The van der Waals surface area contributed by atoms with Gasteiger partial charge < -0.3 is 10.1 Å². The van der Waals surface area contributed by atoms with Crippen molar-refractivity contribution in [2.75, 3.05) is 6.61 Å². The molecule has 7 nitrogen and oxygen atoms in total. The number of aryl methyl sites for hydroxylation is 3. The van der Waals surface area contributed by atoms with Crippen molar-refractivity contribution in [1.29, 1.82) is 0 Å². The van der Waals surface area contributed by atoms with Crippen LogP contribution in [0.2, 0.25) is 0 Å². The van der Waals surface area contributed by atoms with Crippen LogP contribution >= 0.6 is 0 Å². The van der Waals surface area contributed by atoms with E-state index in [2.05, 4.69) is 33.0 Å². The molecule has 2 aromatic rings. The zero-order chi connectivity index (χ0) is 21.2. The molecule has 0 saturated carbocycles. The maximum absolute atomic E-state index is 12.3. The molecule has 2 aromatic heterocycles. The number of nitrogens with one attached hydrogen (secondary N) is 1. The van der Waals surface area contributed by atoms with Crippen molar-refractivity contribution >= 4 is 22.9 Å². The molecule has 2 heterocycles. The number of nitrogens with zero attached hydrogens (tertiary/aromatic N) is 3. The van der Waals surface area contributed by atoms with Gasteiger partial charge in [-0.05, 0) is 72.9 Å². The van der Waals surface area contributed by atoms with E-state index in [1.165, 1.54) is 0 Å². The second-order valence-corrected chi connectivity index (χ2v) is 8.21. The Morgan fingerprint density at radius 1 is 1.18 bits per heavy atom. The lowest BCUT2D eigenvalue weighted by Crippen LogP contribution is -2.39. The number of rotatable bonds is 6. The van der Waals surface area contributed by atoms with Crippen LogP contribution in [0.3, 0.4) is 0 Å². The molecule has 1 atom stereocenters. The number of amides is 1. The monoisotopic (exact) mass is 388 g/mol. The van der Waals surface area contributed by atoms with E-state index in [1.807, 2.05) is 18.5 Å². The highest BCUT2D eigenvalue weighted by molar-refractivity contribution is 5.85. The van der Waals surface area contributed by atoms with Gasteiger partial charge in [-0.15, -0.1) is 0 Å². The van der Waals surface area contributed by atoms with E-state index in [4.69, 9.17) is 14.8 Å². The van der Waals surface area contributed by atoms with Gasteiger partial charge in [0.25, 0.3) is 0 Å². The second kappa shape index (κ2) is 8.29. The molecule has 0 aromatic carbocycles. The minimum atomic E-state index is -0.650. The highest BCUT2D eigenvalue weighted by Gasteiger charge is 2.23. The SMILES string of the molecule is CCOC(=O)[C@H](C)NC(=O)CCc1c(C)nc2c(c(C)nn2C(C)(C)C)c1C. The number of carbonyl (C=O) groups is 2. The van der Waals surface area contributed by atoms with Gasteiger partial charge in [0.2, 0.25) is 5.91 Å². The Bertz CT molecular complexity index is 893. The normalized spacial score (nSPS) is 12.9. The Morgan fingerprint density at radius 2 is 1.82 bits per heavy atom. The van der Waals surface area contributed by atoms with Gasteiger partial charge in [-0.2, -0.15) is 5.10 Å². The van der Waals surface area contributed by atoms with Gasteiger partial charge in [0, 0.05) is 17.5 Å². The first kappa shape index (κ1) is 21.9. The topological polar surface area (TPSA) is 86.1 Å². The van der Waals surface area contributed by atoms with Crippen LogP contribution in [-0.4, -0.2) is 39.3 Å². The van der Waals surface area contributed by atoms with Crippen LogP contribution in [0.1, 0.15) is 63.6 Å². The molecule has 2 rings (SSSR count). The van der Waals surface area contributed by atoms with Crippen molar-refractivity contribution in [3.05, 3.63) is 22.5 Å². The first-order chi connectivity index (χ1) is 13.0. The Hall–Kier alpha value is -2.44. The number of hydrogen-bond acceptors (Lipinski definition) is 5. The van der Waals surface area contributed by atoms with Crippen LogP contribution in [-0.2, 0) is 26.3 Å². The molecule has 1 N–H and O–H groups in total. The van der Waals surface area contributed by atoms with Gasteiger partial charge >= 0.3 is 5.97 Å². The first-order valence-corrected chi connectivity index (χ1v) is 9.79. The Balaban J connectivity index is 2.23. The van der Waals surface area contributed by atoms with Gasteiger partial charge in [0.05, 0.1) is 17.8 Å². The second-order valence-electron chi connectivity index (χ2n) is 8.21. The largest absolute Gasteiger partial charge is 0.464 e. The molecule has 0 spiro atoms. The summed E-state index contributed by atoms with van der Waals surface area (Å²) in [5, 5.41) is 8.45. The van der Waals surface area contributed by atoms with Crippen molar-refractivity contribution in [2.45, 2.75) is 79.8 Å². The van der Waals surface area contributed by atoms with Crippen molar-refractivity contribution in [3.8, 4) is 0 Å². The van der Waals surface area contributed by atoms with Crippen LogP contribution in [0.25, 0.3) is 11.0 Å². The van der Waals surface area contributed by atoms with E-state index in [0.29, 0.717) is 13.0 Å². The standard InChI is InChI=1S/C21H32N4O3/c1-9-28-20(27)15(5)22-17(26)11-10-16-12(2)18-14(4)24-25(21(6,7)8)19(18)23-13(16)3/h15H,9-11H2,1-8H3,(H,22,26)/t15-/m0/s1. The summed E-state index contributed by atoms with van der Waals surface area (Å²) >= 11 is 0. The molecule has 0 aliphatic carbocycles. The van der Waals surface area contributed by atoms with Crippen LogP contribution in [0.15, 0.2) is 0 Å². The molecule has 0 saturated heterocycles. The van der Waals surface area contributed by atoms with Crippen molar-refractivity contribution in [3.63, 3.8) is 0 Å². The van der Waals surface area contributed by atoms with Crippen LogP contribution in [0.4, 0.5) is 0 Å². The lowest BCUT2D eigenvalue weighted by atomic mass is 9.99. The predicted molar refractivity (Wildman–Crippen MR) is 109 cm³/mol. The Labute approximate surface area is 166 Å². The number of fused-ring (bicyclic) bond motifs is 1. The summed E-state index contributed by atoms with van der Waals surface area (Å²) < 4.78 is 6.89. The molecule has 0 bridgehead atoms. The summed E-state index contributed by atoms with van der Waals surface area (Å²) in [5.74, 6) is -0.599. The fourth-order valence-electron chi connectivity index (χ4n) is 3.42. The molecular weight excluding hydrogens is 356 g/mol. The summed E-state index contributed by atoms with van der Waals surface area (Å²) in [7, 11) is 0. The number of pyridine rings is 1. The molecule has 0 fully saturated rings. The highest BCUT2D eigenvalue weighted by atomic mass is 16.5. The summed E-state index contributed by atoms with van der Waals surface area (Å²) in [6.07, 6.45) is 0.840. The third-order valence-corrected chi connectivity index (χ3v) is 4.83. The number of carbonyl (C=O) groups excluding carboxylic acids is 2. The molecule has 0 aliphatic rings. The Kier molecular flexibility index (Phi) is 6.47. The van der Waals surface area contributed by atoms with Crippen molar-refractivity contribution in [1.82, 2.24) is 20.1 Å². The van der Waals surface area contributed by atoms with Crippen LogP contribution < -0.4 is 5.32 Å².